The molecule has 0 saturated heterocycles. The summed E-state index contributed by atoms with van der Waals surface area (Å²) in [4.78, 5) is 9.53. The van der Waals surface area contributed by atoms with Crippen LogP contribution in [0.1, 0.15) is 5.56 Å². The average Bonchev–Trinajstić information content (AvgIpc) is 2.23. The summed E-state index contributed by atoms with van der Waals surface area (Å²) in [6, 6.07) is 3.51. The fourth-order valence-electron chi connectivity index (χ4n) is 1.11. The molecule has 0 unspecified atom stereocenters. The van der Waals surface area contributed by atoms with E-state index >= 15 is 0 Å². The van der Waals surface area contributed by atoms with Gasteiger partial charge in [0.15, 0.2) is 11.6 Å². The SMILES string of the molecule is C=C(NCCc1ccc(F)c(F)c1)[N+](=O)[O-]. The van der Waals surface area contributed by atoms with Gasteiger partial charge in [0.05, 0.1) is 6.54 Å². The predicted molar refractivity (Wildman–Crippen MR) is 54.2 cm³/mol. The second-order valence-corrected chi connectivity index (χ2v) is 3.13. The van der Waals surface area contributed by atoms with Gasteiger partial charge in [-0.2, -0.15) is 0 Å². The van der Waals surface area contributed by atoms with Crippen molar-refractivity contribution < 1.29 is 13.7 Å². The summed E-state index contributed by atoms with van der Waals surface area (Å²) < 4.78 is 25.3. The highest BCUT2D eigenvalue weighted by molar-refractivity contribution is 5.18. The molecule has 0 fully saturated rings. The van der Waals surface area contributed by atoms with E-state index in [2.05, 4.69) is 11.9 Å². The molecule has 0 spiro atoms. The van der Waals surface area contributed by atoms with E-state index in [1.54, 1.807) is 0 Å². The van der Waals surface area contributed by atoms with Gasteiger partial charge in [0, 0.05) is 6.42 Å². The lowest BCUT2D eigenvalue weighted by Gasteiger charge is -2.02. The monoisotopic (exact) mass is 228 g/mol. The van der Waals surface area contributed by atoms with Crippen LogP contribution in [-0.2, 0) is 6.42 Å². The molecule has 0 saturated carbocycles. The van der Waals surface area contributed by atoms with E-state index in [0.717, 1.165) is 12.1 Å². The van der Waals surface area contributed by atoms with Crippen molar-refractivity contribution in [3.63, 3.8) is 0 Å². The van der Waals surface area contributed by atoms with Crippen LogP contribution in [0.2, 0.25) is 0 Å². The van der Waals surface area contributed by atoms with Crippen LogP contribution in [-0.4, -0.2) is 11.5 Å². The van der Waals surface area contributed by atoms with Gasteiger partial charge in [-0.25, -0.2) is 8.78 Å². The summed E-state index contributed by atoms with van der Waals surface area (Å²) >= 11 is 0. The van der Waals surface area contributed by atoms with E-state index in [1.807, 2.05) is 0 Å². The number of halogens is 2. The number of nitrogens with one attached hydrogen (secondary N) is 1. The Morgan fingerprint density at radius 3 is 2.69 bits per heavy atom. The second-order valence-electron chi connectivity index (χ2n) is 3.13. The molecule has 0 aliphatic rings. The van der Waals surface area contributed by atoms with Crippen LogP contribution in [0.15, 0.2) is 30.6 Å². The topological polar surface area (TPSA) is 55.2 Å². The van der Waals surface area contributed by atoms with Gasteiger partial charge in [-0.1, -0.05) is 6.07 Å². The molecule has 1 N–H and O–H groups in total. The van der Waals surface area contributed by atoms with Gasteiger partial charge >= 0.3 is 5.82 Å². The highest BCUT2D eigenvalue weighted by Crippen LogP contribution is 2.08. The molecule has 6 heteroatoms. The highest BCUT2D eigenvalue weighted by Gasteiger charge is 2.05. The Morgan fingerprint density at radius 1 is 1.44 bits per heavy atom. The van der Waals surface area contributed by atoms with Gasteiger partial charge in [0.25, 0.3) is 0 Å². The lowest BCUT2D eigenvalue weighted by molar-refractivity contribution is -0.431. The molecule has 1 aromatic carbocycles. The van der Waals surface area contributed by atoms with Crippen LogP contribution in [0.3, 0.4) is 0 Å². The summed E-state index contributed by atoms with van der Waals surface area (Å²) in [5.74, 6) is -2.15. The Kier molecular flexibility index (Phi) is 3.93. The molecule has 16 heavy (non-hydrogen) atoms. The predicted octanol–water partition coefficient (Wildman–Crippen LogP) is 1.84. The molecule has 1 rings (SSSR count). The molecule has 0 bridgehead atoms. The maximum atomic E-state index is 12.8. The normalized spacial score (nSPS) is 9.88. The Morgan fingerprint density at radius 2 is 2.12 bits per heavy atom. The third kappa shape index (κ3) is 3.30. The Hall–Kier alpha value is -1.98. The van der Waals surface area contributed by atoms with E-state index in [4.69, 9.17) is 0 Å². The van der Waals surface area contributed by atoms with Gasteiger partial charge in [0.1, 0.15) is 0 Å². The maximum absolute atomic E-state index is 12.8. The van der Waals surface area contributed by atoms with E-state index in [1.165, 1.54) is 6.07 Å². The number of hydrogen-bond acceptors (Lipinski definition) is 3. The molecule has 86 valence electrons. The zero-order valence-electron chi connectivity index (χ0n) is 8.37. The van der Waals surface area contributed by atoms with Gasteiger partial charge in [0.2, 0.25) is 0 Å². The molecule has 0 aliphatic carbocycles. The molecule has 0 aromatic heterocycles. The first-order valence-electron chi connectivity index (χ1n) is 4.52. The number of nitrogens with zero attached hydrogens (tertiary/aromatic N) is 1. The minimum Gasteiger partial charge on any atom is -0.358 e. The molecule has 0 atom stereocenters. The Labute approximate surface area is 90.7 Å². The number of rotatable bonds is 5. The van der Waals surface area contributed by atoms with Crippen LogP contribution >= 0.6 is 0 Å². The molecular formula is C10H10F2N2O2. The first-order valence-corrected chi connectivity index (χ1v) is 4.52. The molecule has 0 amide bonds. The lowest BCUT2D eigenvalue weighted by atomic mass is 10.1. The van der Waals surface area contributed by atoms with E-state index in [-0.39, 0.29) is 12.4 Å². The lowest BCUT2D eigenvalue weighted by Crippen LogP contribution is -2.21. The van der Waals surface area contributed by atoms with Crippen molar-refractivity contribution in [2.45, 2.75) is 6.42 Å². The fraction of sp³-hybridized carbons (Fsp3) is 0.200. The number of hydrogen-bond donors (Lipinski definition) is 1. The maximum Gasteiger partial charge on any atom is 0.308 e. The van der Waals surface area contributed by atoms with Crippen LogP contribution in [0.25, 0.3) is 0 Å². The summed E-state index contributed by atoms with van der Waals surface area (Å²) in [7, 11) is 0. The minimum absolute atomic E-state index is 0.241. The van der Waals surface area contributed by atoms with Crippen molar-refractivity contribution >= 4 is 0 Å². The molecular weight excluding hydrogens is 218 g/mol. The number of benzene rings is 1. The molecule has 0 aliphatic heterocycles. The second kappa shape index (κ2) is 5.20. The quantitative estimate of drug-likeness (QED) is 0.618. The first-order chi connectivity index (χ1) is 7.50. The Bertz CT molecular complexity index is 421. The van der Waals surface area contributed by atoms with Crippen LogP contribution in [0.4, 0.5) is 8.78 Å². The largest absolute Gasteiger partial charge is 0.358 e. The zero-order valence-corrected chi connectivity index (χ0v) is 8.37. The van der Waals surface area contributed by atoms with Crippen molar-refractivity contribution in [1.82, 2.24) is 5.32 Å². The Balaban J connectivity index is 2.46. The van der Waals surface area contributed by atoms with Gasteiger partial charge in [-0.15, -0.1) is 0 Å². The standard InChI is InChI=1S/C10H10F2N2O2/c1-7(14(15)16)13-5-4-8-2-3-9(11)10(12)6-8/h2-3,6,13H,1,4-5H2. The van der Waals surface area contributed by atoms with Crippen LogP contribution in [0.5, 0.6) is 0 Å². The van der Waals surface area contributed by atoms with Crippen molar-refractivity contribution in [3.8, 4) is 0 Å². The molecule has 1 aromatic rings. The van der Waals surface area contributed by atoms with Crippen LogP contribution < -0.4 is 5.32 Å². The van der Waals surface area contributed by atoms with Gasteiger partial charge in [-0.05, 0) is 29.2 Å². The molecule has 4 nitrogen and oxygen atoms in total. The fourth-order valence-corrected chi connectivity index (χ4v) is 1.11. The van der Waals surface area contributed by atoms with Crippen molar-refractivity contribution in [3.05, 3.63) is 57.9 Å². The van der Waals surface area contributed by atoms with Crippen molar-refractivity contribution in [1.29, 1.82) is 0 Å². The van der Waals surface area contributed by atoms with E-state index < -0.39 is 16.6 Å². The first kappa shape index (κ1) is 12.1. The summed E-state index contributed by atoms with van der Waals surface area (Å²) in [5.41, 5.74) is 0.558. The zero-order chi connectivity index (χ0) is 12.1. The van der Waals surface area contributed by atoms with Crippen molar-refractivity contribution in [2.75, 3.05) is 6.54 Å². The molecule has 0 heterocycles. The summed E-state index contributed by atoms with van der Waals surface area (Å²) in [5, 5.41) is 12.6. The summed E-state index contributed by atoms with van der Waals surface area (Å²) in [6.45, 7) is 3.41. The third-order valence-electron chi connectivity index (χ3n) is 1.95. The van der Waals surface area contributed by atoms with Crippen LogP contribution in [0, 0.1) is 21.7 Å². The molecule has 0 radical (unpaired) electrons. The highest BCUT2D eigenvalue weighted by atomic mass is 19.2. The smallest absolute Gasteiger partial charge is 0.308 e. The number of nitro groups is 1. The minimum atomic E-state index is -0.925. The van der Waals surface area contributed by atoms with Gasteiger partial charge < -0.3 is 10.1 Å². The van der Waals surface area contributed by atoms with E-state index in [0.29, 0.717) is 12.0 Å². The van der Waals surface area contributed by atoms with Crippen molar-refractivity contribution in [2.24, 2.45) is 0 Å². The third-order valence-corrected chi connectivity index (χ3v) is 1.95. The van der Waals surface area contributed by atoms with E-state index in [9.17, 15) is 18.9 Å². The van der Waals surface area contributed by atoms with Gasteiger partial charge in [-0.3, -0.25) is 5.32 Å². The summed E-state index contributed by atoms with van der Waals surface area (Å²) in [6.07, 6.45) is 0.351. The average molecular weight is 228 g/mol.